The van der Waals surface area contributed by atoms with E-state index in [0.717, 1.165) is 0 Å². The number of hydrogen-bond acceptors (Lipinski definition) is 3. The lowest BCUT2D eigenvalue weighted by atomic mass is 10.2. The number of hydrogen-bond donors (Lipinski definition) is 0. The molecule has 6 heteroatoms. The molecule has 0 bridgehead atoms. The topological polar surface area (TPSA) is 43.4 Å². The molecule has 124 valence electrons. The van der Waals surface area contributed by atoms with Crippen LogP contribution in [0.25, 0.3) is 0 Å². The minimum absolute atomic E-state index is 0.178. The Morgan fingerprint density at radius 3 is 2.36 bits per heavy atom. The van der Waals surface area contributed by atoms with Crippen molar-refractivity contribution in [3.8, 4) is 11.5 Å². The molecule has 1 atom stereocenters. The van der Waals surface area contributed by atoms with Crippen molar-refractivity contribution in [1.29, 1.82) is 0 Å². The van der Waals surface area contributed by atoms with Crippen molar-refractivity contribution in [2.24, 2.45) is 0 Å². The Balaban J connectivity index is 2.16. The normalized spacial score (nSPS) is 18.0. The van der Waals surface area contributed by atoms with Crippen molar-refractivity contribution in [2.75, 3.05) is 0 Å². The molecular formula is C19H11Cl2O3P. The Morgan fingerprint density at radius 2 is 1.64 bits per heavy atom. The molecule has 25 heavy (non-hydrogen) atoms. The standard InChI is InChI=1S/C19H11Cl2O3P/c20-12-6-8-16-18(10-12)25(23,13-4-2-1-3-5-13)19-14(11-22)15(21)7-9-17(19)24-16/h1-11H. The summed E-state index contributed by atoms with van der Waals surface area (Å²) in [7, 11) is -3.38. The fourth-order valence-corrected chi connectivity index (χ4v) is 6.63. The second kappa shape index (κ2) is 6.03. The van der Waals surface area contributed by atoms with Crippen molar-refractivity contribution in [2.45, 2.75) is 0 Å². The highest BCUT2D eigenvalue weighted by Gasteiger charge is 2.41. The molecule has 0 fully saturated rings. The minimum atomic E-state index is -3.38. The molecule has 4 rings (SSSR count). The Kier molecular flexibility index (Phi) is 3.96. The maximum absolute atomic E-state index is 14.4. The molecule has 0 amide bonds. The summed E-state index contributed by atoms with van der Waals surface area (Å²) < 4.78 is 20.3. The lowest BCUT2D eigenvalue weighted by Gasteiger charge is -2.30. The first kappa shape index (κ1) is 16.4. The summed E-state index contributed by atoms with van der Waals surface area (Å²) in [6.07, 6.45) is 0.621. The van der Waals surface area contributed by atoms with Crippen LogP contribution in [0.15, 0.2) is 60.7 Å². The summed E-state index contributed by atoms with van der Waals surface area (Å²) in [6.45, 7) is 0. The summed E-state index contributed by atoms with van der Waals surface area (Å²) in [5.74, 6) is 0.830. The van der Waals surface area contributed by atoms with Gasteiger partial charge >= 0.3 is 0 Å². The second-order valence-electron chi connectivity index (χ2n) is 5.58. The second-order valence-corrected chi connectivity index (χ2v) is 9.09. The zero-order chi connectivity index (χ0) is 17.6. The van der Waals surface area contributed by atoms with E-state index in [1.807, 2.05) is 6.07 Å². The van der Waals surface area contributed by atoms with Crippen LogP contribution in [0.2, 0.25) is 10.0 Å². The van der Waals surface area contributed by atoms with Crippen LogP contribution in [0.3, 0.4) is 0 Å². The summed E-state index contributed by atoms with van der Waals surface area (Å²) in [6, 6.07) is 17.2. The van der Waals surface area contributed by atoms with Gasteiger partial charge in [-0.15, -0.1) is 0 Å². The van der Waals surface area contributed by atoms with E-state index in [1.165, 1.54) is 0 Å². The number of benzene rings is 3. The average molecular weight is 389 g/mol. The highest BCUT2D eigenvalue weighted by atomic mass is 35.5. The molecular weight excluding hydrogens is 378 g/mol. The van der Waals surface area contributed by atoms with Crippen molar-refractivity contribution in [3.63, 3.8) is 0 Å². The molecule has 1 heterocycles. The van der Waals surface area contributed by atoms with E-state index < -0.39 is 7.14 Å². The summed E-state index contributed by atoms with van der Waals surface area (Å²) in [5, 5.41) is 2.05. The first-order chi connectivity index (χ1) is 12.1. The molecule has 0 radical (unpaired) electrons. The van der Waals surface area contributed by atoms with Crippen LogP contribution in [0.4, 0.5) is 0 Å². The number of fused-ring (bicyclic) bond motifs is 2. The Hall–Kier alpha value is -2.06. The minimum Gasteiger partial charge on any atom is -0.456 e. The summed E-state index contributed by atoms with van der Waals surface area (Å²) in [4.78, 5) is 11.7. The molecule has 3 aromatic carbocycles. The van der Waals surface area contributed by atoms with Gasteiger partial charge in [-0.1, -0.05) is 53.5 Å². The van der Waals surface area contributed by atoms with Crippen LogP contribution in [0, 0.1) is 0 Å². The predicted octanol–water partition coefficient (Wildman–Crippen LogP) is 4.55. The van der Waals surface area contributed by atoms with Gasteiger partial charge in [0, 0.05) is 15.9 Å². The van der Waals surface area contributed by atoms with Gasteiger partial charge in [-0.2, -0.15) is 0 Å². The smallest absolute Gasteiger partial charge is 0.179 e. The van der Waals surface area contributed by atoms with Crippen LogP contribution < -0.4 is 20.7 Å². The summed E-state index contributed by atoms with van der Waals surface area (Å²) in [5.41, 5.74) is 0.178. The van der Waals surface area contributed by atoms with Crippen molar-refractivity contribution in [3.05, 3.63) is 76.3 Å². The summed E-state index contributed by atoms with van der Waals surface area (Å²) >= 11 is 12.4. The van der Waals surface area contributed by atoms with E-state index in [9.17, 15) is 9.36 Å². The van der Waals surface area contributed by atoms with E-state index in [-0.39, 0.29) is 10.6 Å². The Labute approximate surface area is 154 Å². The highest BCUT2D eigenvalue weighted by molar-refractivity contribution is 7.86. The van der Waals surface area contributed by atoms with Gasteiger partial charge in [-0.05, 0) is 30.3 Å². The van der Waals surface area contributed by atoms with Gasteiger partial charge in [-0.25, -0.2) is 0 Å². The quantitative estimate of drug-likeness (QED) is 0.373. The molecule has 1 unspecified atom stereocenters. The van der Waals surface area contributed by atoms with E-state index in [4.69, 9.17) is 27.9 Å². The number of aldehydes is 1. The van der Waals surface area contributed by atoms with E-state index in [0.29, 0.717) is 38.7 Å². The van der Waals surface area contributed by atoms with Crippen LogP contribution in [-0.2, 0) is 4.57 Å². The number of rotatable bonds is 2. The lowest BCUT2D eigenvalue weighted by Crippen LogP contribution is -2.33. The predicted molar refractivity (Wildman–Crippen MR) is 101 cm³/mol. The number of carbonyl (C=O) groups is 1. The fraction of sp³-hybridized carbons (Fsp3) is 0. The van der Waals surface area contributed by atoms with Gasteiger partial charge in [-0.3, -0.25) is 4.79 Å². The van der Waals surface area contributed by atoms with E-state index in [2.05, 4.69) is 0 Å². The molecule has 1 aliphatic heterocycles. The Morgan fingerprint density at radius 1 is 0.920 bits per heavy atom. The van der Waals surface area contributed by atoms with Crippen LogP contribution in [0.1, 0.15) is 10.4 Å². The van der Waals surface area contributed by atoms with E-state index in [1.54, 1.807) is 54.6 Å². The molecule has 0 aromatic heterocycles. The van der Waals surface area contributed by atoms with Gasteiger partial charge in [0.25, 0.3) is 0 Å². The van der Waals surface area contributed by atoms with Crippen LogP contribution in [0.5, 0.6) is 11.5 Å². The SMILES string of the molecule is O=Cc1c(Cl)ccc2c1P(=O)(c1ccccc1)c1cc(Cl)ccc1O2. The molecule has 0 aliphatic carbocycles. The van der Waals surface area contributed by atoms with Crippen molar-refractivity contribution < 1.29 is 14.1 Å². The van der Waals surface area contributed by atoms with Crippen LogP contribution >= 0.6 is 30.3 Å². The number of halogens is 2. The fourth-order valence-electron chi connectivity index (χ4n) is 3.05. The molecule has 0 saturated heterocycles. The molecule has 0 spiro atoms. The van der Waals surface area contributed by atoms with Crippen molar-refractivity contribution in [1.82, 2.24) is 0 Å². The average Bonchev–Trinajstić information content (AvgIpc) is 2.64. The zero-order valence-electron chi connectivity index (χ0n) is 12.8. The maximum atomic E-state index is 14.4. The van der Waals surface area contributed by atoms with Crippen molar-refractivity contribution >= 4 is 52.5 Å². The van der Waals surface area contributed by atoms with Gasteiger partial charge in [0.15, 0.2) is 13.4 Å². The van der Waals surface area contributed by atoms with Gasteiger partial charge < -0.3 is 9.30 Å². The molecule has 1 aliphatic rings. The van der Waals surface area contributed by atoms with Gasteiger partial charge in [0.2, 0.25) is 0 Å². The molecule has 3 nitrogen and oxygen atoms in total. The van der Waals surface area contributed by atoms with Gasteiger partial charge in [0.05, 0.1) is 15.6 Å². The third-order valence-corrected chi connectivity index (χ3v) is 7.87. The maximum Gasteiger partial charge on any atom is 0.179 e. The number of carbonyl (C=O) groups excluding carboxylic acids is 1. The highest BCUT2D eigenvalue weighted by Crippen LogP contribution is 2.53. The zero-order valence-corrected chi connectivity index (χ0v) is 15.2. The Bertz CT molecular complexity index is 1050. The third kappa shape index (κ3) is 2.43. The lowest BCUT2D eigenvalue weighted by molar-refractivity contribution is 0.112. The molecule has 0 saturated carbocycles. The molecule has 0 N–H and O–H groups in total. The monoisotopic (exact) mass is 388 g/mol. The third-order valence-electron chi connectivity index (χ3n) is 4.16. The first-order valence-electron chi connectivity index (χ1n) is 7.47. The van der Waals surface area contributed by atoms with E-state index >= 15 is 0 Å². The first-order valence-corrected chi connectivity index (χ1v) is 9.94. The largest absolute Gasteiger partial charge is 0.456 e. The number of ether oxygens (including phenoxy) is 1. The van der Waals surface area contributed by atoms with Crippen LogP contribution in [-0.4, -0.2) is 6.29 Å². The van der Waals surface area contributed by atoms with Gasteiger partial charge in [0.1, 0.15) is 11.5 Å². The molecule has 3 aromatic rings.